The summed E-state index contributed by atoms with van der Waals surface area (Å²) in [5.74, 6) is -2.96. The molecule has 16 nitrogen and oxygen atoms in total. The second kappa shape index (κ2) is 27.7. The van der Waals surface area contributed by atoms with E-state index in [0.29, 0.717) is 47.2 Å². The Labute approximate surface area is 506 Å². The number of benzene rings is 4. The van der Waals surface area contributed by atoms with Crippen LogP contribution in [0.2, 0.25) is 0 Å². The molecule has 2 heterocycles. The second-order valence-corrected chi connectivity index (χ2v) is 21.4. The van der Waals surface area contributed by atoms with Gasteiger partial charge in [-0.15, -0.1) is 26.3 Å². The molecule has 4 aromatic rings. The van der Waals surface area contributed by atoms with Crippen molar-refractivity contribution >= 4 is 61.6 Å². The molecule has 446 valence electrons. The summed E-state index contributed by atoms with van der Waals surface area (Å²) in [4.78, 5) is 98.1. The molecule has 4 amide bonds. The monoisotopic (exact) mass is 1180 g/mol. The predicted octanol–water partition coefficient (Wildman–Crippen LogP) is 6.44. The maximum Gasteiger partial charge on any atom is 1.00 e. The van der Waals surface area contributed by atoms with Gasteiger partial charge in [0.1, 0.15) is 17.8 Å². The summed E-state index contributed by atoms with van der Waals surface area (Å²) < 4.78 is 93.8. The van der Waals surface area contributed by atoms with Gasteiger partial charge in [-0.3, -0.25) is 33.6 Å². The SMILES string of the molecule is CCOC(=O)CCC(=O)N(C1CC1)C1c2cc(C=O)ccc2N(C(=O)c2ccc(OC(F)(F)F)cc2)C2CCCC21.CCOC(=O)CCC(=O)N(C1CC1)C1c2cc(CO)ccc2N(C(=O)c2ccc(OC(F)(F)F)cc2)C2CCCC21.[BH4-].[Na+]. The quantitative estimate of drug-likeness (QED) is 0.0498. The predicted molar refractivity (Wildman–Crippen MR) is 295 cm³/mol. The number of aliphatic hydroxyl groups is 1. The van der Waals surface area contributed by atoms with E-state index < -0.39 is 36.2 Å². The van der Waals surface area contributed by atoms with Crippen LogP contribution in [0, 0.1) is 11.8 Å². The van der Waals surface area contributed by atoms with Crippen molar-refractivity contribution in [3.8, 4) is 11.5 Å². The molecule has 0 bridgehead atoms. The molecule has 4 aromatic carbocycles. The first-order valence-corrected chi connectivity index (χ1v) is 27.9. The third-order valence-corrected chi connectivity index (χ3v) is 16.0. The second-order valence-electron chi connectivity index (χ2n) is 21.4. The first-order valence-electron chi connectivity index (χ1n) is 27.9. The van der Waals surface area contributed by atoms with Crippen LogP contribution in [-0.4, -0.2) is 115 Å². The summed E-state index contributed by atoms with van der Waals surface area (Å²) in [6, 6.07) is 18.9. The van der Waals surface area contributed by atoms with E-state index in [-0.39, 0.29) is 166 Å². The van der Waals surface area contributed by atoms with Crippen LogP contribution >= 0.6 is 0 Å². The summed E-state index contributed by atoms with van der Waals surface area (Å²) in [7, 11) is 0. The maximum atomic E-state index is 13.9. The van der Waals surface area contributed by atoms with Crippen molar-refractivity contribution in [3.05, 3.63) is 118 Å². The van der Waals surface area contributed by atoms with Crippen LogP contribution in [0.25, 0.3) is 0 Å². The van der Waals surface area contributed by atoms with Crippen molar-refractivity contribution in [2.24, 2.45) is 11.8 Å². The van der Waals surface area contributed by atoms with Crippen LogP contribution < -0.4 is 48.8 Å². The number of rotatable bonds is 18. The zero-order chi connectivity index (χ0) is 58.6. The largest absolute Gasteiger partial charge is 1.00 e. The van der Waals surface area contributed by atoms with E-state index in [1.807, 2.05) is 15.9 Å². The van der Waals surface area contributed by atoms with Gasteiger partial charge in [0.2, 0.25) is 11.8 Å². The fourth-order valence-corrected chi connectivity index (χ4v) is 12.5. The fourth-order valence-electron chi connectivity index (χ4n) is 12.5. The molecule has 0 radical (unpaired) electrons. The van der Waals surface area contributed by atoms with Crippen LogP contribution in [-0.2, 0) is 35.3 Å². The number of hydrogen-bond acceptors (Lipinski definition) is 12. The van der Waals surface area contributed by atoms with E-state index in [4.69, 9.17) is 9.47 Å². The van der Waals surface area contributed by atoms with E-state index in [1.54, 1.807) is 54.0 Å². The van der Waals surface area contributed by atoms with Gasteiger partial charge >= 0.3 is 54.2 Å². The van der Waals surface area contributed by atoms with Gasteiger partial charge in [0.05, 0.1) is 44.7 Å². The van der Waals surface area contributed by atoms with E-state index in [2.05, 4.69) is 9.47 Å². The van der Waals surface area contributed by atoms with Crippen molar-refractivity contribution < 1.29 is 114 Å². The van der Waals surface area contributed by atoms with Gasteiger partial charge in [-0.25, -0.2) is 0 Å². The maximum absolute atomic E-state index is 13.9. The minimum Gasteiger partial charge on any atom is -0.466 e. The number of amides is 4. The Hall–Kier alpha value is -6.43. The molecular formula is C60H68BF6N4NaO12. The minimum atomic E-state index is -4.85. The summed E-state index contributed by atoms with van der Waals surface area (Å²) in [5, 5.41) is 9.93. The van der Waals surface area contributed by atoms with Crippen LogP contribution in [0.5, 0.6) is 11.5 Å². The Morgan fingerprint density at radius 3 is 1.35 bits per heavy atom. The minimum absolute atomic E-state index is 0. The smallest absolute Gasteiger partial charge is 0.466 e. The number of aldehydes is 1. The first-order chi connectivity index (χ1) is 39.2. The zero-order valence-electron chi connectivity index (χ0n) is 46.3. The van der Waals surface area contributed by atoms with Crippen LogP contribution in [0.15, 0.2) is 84.9 Å². The van der Waals surface area contributed by atoms with Gasteiger partial charge in [-0.2, -0.15) is 0 Å². The van der Waals surface area contributed by atoms with Gasteiger partial charge in [0, 0.05) is 76.9 Å². The number of nitrogens with zero attached hydrogens (tertiary/aromatic N) is 4. The Morgan fingerprint density at radius 1 is 0.571 bits per heavy atom. The number of carbonyl (C=O) groups excluding carboxylic acids is 7. The van der Waals surface area contributed by atoms with E-state index in [0.717, 1.165) is 81.2 Å². The molecule has 0 saturated heterocycles. The third-order valence-electron chi connectivity index (χ3n) is 16.0. The molecule has 1 N–H and O–H groups in total. The van der Waals surface area contributed by atoms with E-state index in [9.17, 15) is 65.0 Å². The van der Waals surface area contributed by atoms with Gasteiger partial charge in [0.25, 0.3) is 11.8 Å². The molecule has 0 spiro atoms. The van der Waals surface area contributed by atoms with Crippen molar-refractivity contribution in [2.45, 2.75) is 159 Å². The Balaban J connectivity index is 0.000000235. The van der Waals surface area contributed by atoms with E-state index >= 15 is 0 Å². The molecule has 6 unspecified atom stereocenters. The van der Waals surface area contributed by atoms with Crippen LogP contribution in [0.1, 0.15) is 164 Å². The van der Waals surface area contributed by atoms with Gasteiger partial charge in [0.15, 0.2) is 0 Å². The standard InChI is InChI=1S/C30H33F3N2O6.C30H31F3N2O6.BH4.Na/c2*1-2-40-27(38)15-14-26(37)34(20-9-10-20)28-22-4-3-5-24(22)35(25-13-6-18(17-36)16-23(25)28)29(39)19-7-11-21(12-8-19)41-30(31,32)33;;/h6-8,11-13,16,20,22,24,28,36H,2-5,9-10,14-15,17H2,1H3;6-8,11-13,16-17,20,22,24,28H,2-5,9-10,14-15H2,1H3;1H4;/q;;-1;+1. The molecule has 6 atom stereocenters. The number of fused-ring (bicyclic) bond motifs is 4. The Kier molecular flexibility index (Phi) is 21.5. The number of anilines is 2. The Bertz CT molecular complexity index is 3040. The summed E-state index contributed by atoms with van der Waals surface area (Å²) in [6.07, 6.45) is -1.06. The topological polar surface area (TPSA) is 190 Å². The van der Waals surface area contributed by atoms with Crippen LogP contribution in [0.3, 0.4) is 0 Å². The van der Waals surface area contributed by atoms with Gasteiger partial charge in [-0.05, 0) is 161 Å². The zero-order valence-corrected chi connectivity index (χ0v) is 48.3. The third kappa shape index (κ3) is 15.0. The number of esters is 2. The van der Waals surface area contributed by atoms with Crippen molar-refractivity contribution in [1.29, 1.82) is 0 Å². The molecular weight excluding hydrogens is 1120 g/mol. The van der Waals surface area contributed by atoms with Gasteiger partial charge < -0.3 is 43.7 Å². The molecule has 4 saturated carbocycles. The van der Waals surface area contributed by atoms with Crippen molar-refractivity contribution in [1.82, 2.24) is 9.80 Å². The Morgan fingerprint density at radius 2 is 0.976 bits per heavy atom. The number of aliphatic hydroxyl groups excluding tert-OH is 1. The molecule has 84 heavy (non-hydrogen) atoms. The normalized spacial score (nSPS) is 21.0. The molecule has 24 heteroatoms. The average Bonchev–Trinajstić information content (AvgIpc) is 1.48. The molecule has 6 aliphatic rings. The molecule has 4 aliphatic carbocycles. The first kappa shape index (κ1) is 65.1. The average molecular weight is 1190 g/mol. The molecule has 4 fully saturated rings. The number of hydrogen-bond donors (Lipinski definition) is 1. The number of carbonyl (C=O) groups is 7. The number of halogens is 6. The van der Waals surface area contributed by atoms with Crippen molar-refractivity contribution in [3.63, 3.8) is 0 Å². The summed E-state index contributed by atoms with van der Waals surface area (Å²) in [5.41, 5.74) is 4.06. The fraction of sp³-hybridized carbons (Fsp3) is 0.483. The van der Waals surface area contributed by atoms with Crippen molar-refractivity contribution in [2.75, 3.05) is 23.0 Å². The van der Waals surface area contributed by atoms with Gasteiger partial charge in [-0.1, -0.05) is 27.3 Å². The molecule has 0 aromatic heterocycles. The summed E-state index contributed by atoms with van der Waals surface area (Å²) >= 11 is 0. The molecule has 10 rings (SSSR count). The molecule has 2 aliphatic heterocycles. The van der Waals surface area contributed by atoms with Crippen LogP contribution in [0.4, 0.5) is 37.7 Å². The number of alkyl halides is 6. The summed E-state index contributed by atoms with van der Waals surface area (Å²) in [6.45, 7) is 3.67. The van der Waals surface area contributed by atoms with E-state index in [1.165, 1.54) is 24.3 Å². The number of ether oxygens (including phenoxy) is 4.